The summed E-state index contributed by atoms with van der Waals surface area (Å²) in [6, 6.07) is 17.0. The largest absolute Gasteiger partial charge is 0.361 e. The van der Waals surface area contributed by atoms with Crippen molar-refractivity contribution in [2.24, 2.45) is 0 Å². The number of aromatic amines is 1. The molecule has 0 bridgehead atoms. The molecule has 0 radical (unpaired) electrons. The maximum Gasteiger partial charge on any atom is 0.318 e. The van der Waals surface area contributed by atoms with Gasteiger partial charge >= 0.3 is 6.03 Å². The molecule has 1 heterocycles. The Labute approximate surface area is 214 Å². The van der Waals surface area contributed by atoms with E-state index in [9.17, 15) is 9.59 Å². The van der Waals surface area contributed by atoms with E-state index in [2.05, 4.69) is 53.6 Å². The number of hydrogen-bond donors (Lipinski definition) is 2. The van der Waals surface area contributed by atoms with Crippen molar-refractivity contribution in [2.75, 3.05) is 13.1 Å². The fourth-order valence-electron chi connectivity index (χ4n) is 5.30. The number of H-pyrrole nitrogens is 1. The Bertz CT molecular complexity index is 1180. The first kappa shape index (κ1) is 24.4. The maximum atomic E-state index is 13.7. The molecule has 2 aromatic carbocycles. The molecule has 2 N–H and O–H groups in total. The molecule has 2 aliphatic rings. The predicted octanol–water partition coefficient (Wildman–Crippen LogP) is 5.55. The second-order valence-electron chi connectivity index (χ2n) is 10.6. The van der Waals surface area contributed by atoms with Crippen molar-refractivity contribution in [3.8, 4) is 0 Å². The third-order valence-corrected chi connectivity index (χ3v) is 7.66. The lowest BCUT2D eigenvalue weighted by atomic mass is 9.96. The molecular weight excluding hydrogens is 448 g/mol. The number of carbonyl (C=O) groups is 2. The summed E-state index contributed by atoms with van der Waals surface area (Å²) < 4.78 is 0. The van der Waals surface area contributed by atoms with Gasteiger partial charge < -0.3 is 20.1 Å². The molecule has 2 saturated carbocycles. The van der Waals surface area contributed by atoms with E-state index in [1.807, 2.05) is 23.2 Å². The first-order chi connectivity index (χ1) is 17.6. The van der Waals surface area contributed by atoms with Crippen molar-refractivity contribution in [1.29, 1.82) is 0 Å². The van der Waals surface area contributed by atoms with Crippen LogP contribution in [0.3, 0.4) is 0 Å². The van der Waals surface area contributed by atoms with Crippen LogP contribution in [0.25, 0.3) is 10.9 Å². The first-order valence-electron chi connectivity index (χ1n) is 13.5. The van der Waals surface area contributed by atoms with Gasteiger partial charge in [-0.25, -0.2) is 4.79 Å². The van der Waals surface area contributed by atoms with Crippen LogP contribution in [0.4, 0.5) is 4.79 Å². The average Bonchev–Trinajstić information content (AvgIpc) is 3.66. The number of urea groups is 1. The molecule has 190 valence electrons. The monoisotopic (exact) mass is 486 g/mol. The Balaban J connectivity index is 1.29. The van der Waals surface area contributed by atoms with Gasteiger partial charge in [-0.3, -0.25) is 4.79 Å². The summed E-state index contributed by atoms with van der Waals surface area (Å²) >= 11 is 0. The molecule has 6 nitrogen and oxygen atoms in total. The molecule has 6 heteroatoms. The summed E-state index contributed by atoms with van der Waals surface area (Å²) in [4.78, 5) is 33.9. The molecule has 5 rings (SSSR count). The molecule has 3 amide bonds. The van der Waals surface area contributed by atoms with Gasteiger partial charge in [-0.05, 0) is 56.2 Å². The fourth-order valence-corrected chi connectivity index (χ4v) is 5.30. The summed E-state index contributed by atoms with van der Waals surface area (Å²) in [6.07, 6.45) is 10.5. The average molecular weight is 487 g/mol. The van der Waals surface area contributed by atoms with E-state index < -0.39 is 0 Å². The number of para-hydroxylation sites is 1. The summed E-state index contributed by atoms with van der Waals surface area (Å²) in [6.45, 7) is 3.37. The van der Waals surface area contributed by atoms with Crippen molar-refractivity contribution in [2.45, 2.75) is 76.9 Å². The third kappa shape index (κ3) is 6.10. The van der Waals surface area contributed by atoms with E-state index in [1.54, 1.807) is 4.90 Å². The lowest BCUT2D eigenvalue weighted by Gasteiger charge is -2.30. The number of benzene rings is 2. The van der Waals surface area contributed by atoms with Crippen molar-refractivity contribution in [1.82, 2.24) is 20.1 Å². The molecule has 2 fully saturated rings. The highest BCUT2D eigenvalue weighted by Crippen LogP contribution is 2.28. The Morgan fingerprint density at radius 1 is 0.972 bits per heavy atom. The Morgan fingerprint density at radius 3 is 2.47 bits per heavy atom. The van der Waals surface area contributed by atoms with Gasteiger partial charge in [0.15, 0.2) is 0 Å². The van der Waals surface area contributed by atoms with Gasteiger partial charge in [0.2, 0.25) is 5.91 Å². The summed E-state index contributed by atoms with van der Waals surface area (Å²) in [7, 11) is 0. The first-order valence-corrected chi connectivity index (χ1v) is 13.5. The molecule has 1 aromatic heterocycles. The van der Waals surface area contributed by atoms with Crippen molar-refractivity contribution < 1.29 is 9.59 Å². The zero-order chi connectivity index (χ0) is 24.9. The number of carbonyl (C=O) groups excluding carboxylic acids is 2. The van der Waals surface area contributed by atoms with Gasteiger partial charge in [0.25, 0.3) is 0 Å². The van der Waals surface area contributed by atoms with E-state index in [-0.39, 0.29) is 30.6 Å². The van der Waals surface area contributed by atoms with E-state index in [4.69, 9.17) is 0 Å². The standard InChI is InChI=1S/C30H38N4O2/c1-22-11-13-23(14-12-22)20-33(18-17-24-19-31-28-10-6-5-9-27(24)28)29(35)21-34(26-15-16-26)30(36)32-25-7-3-2-4-8-25/h5-6,9-14,19,25-26,31H,2-4,7-8,15-18,20-21H2,1H3,(H,32,36). The summed E-state index contributed by atoms with van der Waals surface area (Å²) in [5.41, 5.74) is 4.64. The lowest BCUT2D eigenvalue weighted by molar-refractivity contribution is -0.132. The number of hydrogen-bond acceptors (Lipinski definition) is 2. The van der Waals surface area contributed by atoms with E-state index in [0.29, 0.717) is 13.1 Å². The van der Waals surface area contributed by atoms with Crippen LogP contribution in [-0.4, -0.2) is 51.9 Å². The van der Waals surface area contributed by atoms with Crippen LogP contribution in [0.1, 0.15) is 61.6 Å². The van der Waals surface area contributed by atoms with Crippen LogP contribution < -0.4 is 5.32 Å². The van der Waals surface area contributed by atoms with Crippen LogP contribution >= 0.6 is 0 Å². The number of aryl methyl sites for hydroxylation is 1. The zero-order valence-electron chi connectivity index (χ0n) is 21.3. The van der Waals surface area contributed by atoms with Crippen LogP contribution in [0.2, 0.25) is 0 Å². The molecule has 0 unspecified atom stereocenters. The van der Waals surface area contributed by atoms with Gasteiger partial charge in [0, 0.05) is 42.3 Å². The normalized spacial score (nSPS) is 16.1. The minimum atomic E-state index is -0.0651. The minimum Gasteiger partial charge on any atom is -0.361 e. The van der Waals surface area contributed by atoms with Gasteiger partial charge in [0.1, 0.15) is 6.54 Å². The molecular formula is C30H38N4O2. The second-order valence-corrected chi connectivity index (χ2v) is 10.6. The number of aromatic nitrogens is 1. The van der Waals surface area contributed by atoms with Crippen LogP contribution in [0.15, 0.2) is 54.7 Å². The van der Waals surface area contributed by atoms with Crippen LogP contribution in [0, 0.1) is 6.92 Å². The highest BCUT2D eigenvalue weighted by atomic mass is 16.2. The molecule has 36 heavy (non-hydrogen) atoms. The molecule has 0 aliphatic heterocycles. The van der Waals surface area contributed by atoms with Crippen molar-refractivity contribution >= 4 is 22.8 Å². The SMILES string of the molecule is Cc1ccc(CN(CCc2c[nH]c3ccccc23)C(=O)CN(C(=O)NC2CCCCC2)C2CC2)cc1. The van der Waals surface area contributed by atoms with Gasteiger partial charge in [-0.2, -0.15) is 0 Å². The Kier molecular flexibility index (Phi) is 7.59. The van der Waals surface area contributed by atoms with Crippen LogP contribution in [0.5, 0.6) is 0 Å². The molecule has 0 saturated heterocycles. The topological polar surface area (TPSA) is 68.4 Å². The van der Waals surface area contributed by atoms with Gasteiger partial charge in [-0.1, -0.05) is 67.3 Å². The van der Waals surface area contributed by atoms with Crippen molar-refractivity contribution in [3.63, 3.8) is 0 Å². The smallest absolute Gasteiger partial charge is 0.318 e. The second kappa shape index (κ2) is 11.2. The summed E-state index contributed by atoms with van der Waals surface area (Å²) in [5, 5.41) is 4.43. The molecule has 3 aromatic rings. The highest BCUT2D eigenvalue weighted by molar-refractivity contribution is 5.85. The van der Waals surface area contributed by atoms with Crippen molar-refractivity contribution in [3.05, 3.63) is 71.4 Å². The maximum absolute atomic E-state index is 13.7. The highest BCUT2D eigenvalue weighted by Gasteiger charge is 2.35. The Morgan fingerprint density at radius 2 is 1.72 bits per heavy atom. The Hall–Kier alpha value is -3.28. The number of fused-ring (bicyclic) bond motifs is 1. The van der Waals surface area contributed by atoms with E-state index >= 15 is 0 Å². The summed E-state index contributed by atoms with van der Waals surface area (Å²) in [5.74, 6) is 0.0149. The zero-order valence-corrected chi connectivity index (χ0v) is 21.3. The molecule has 0 spiro atoms. The number of nitrogens with one attached hydrogen (secondary N) is 2. The fraction of sp³-hybridized carbons (Fsp3) is 0.467. The lowest BCUT2D eigenvalue weighted by Crippen LogP contribution is -2.50. The number of amides is 3. The third-order valence-electron chi connectivity index (χ3n) is 7.66. The van der Waals surface area contributed by atoms with E-state index in [0.717, 1.165) is 43.2 Å². The molecule has 2 aliphatic carbocycles. The van der Waals surface area contributed by atoms with Gasteiger partial charge in [0.05, 0.1) is 0 Å². The van der Waals surface area contributed by atoms with Gasteiger partial charge in [-0.15, -0.1) is 0 Å². The number of nitrogens with zero attached hydrogens (tertiary/aromatic N) is 2. The van der Waals surface area contributed by atoms with E-state index in [1.165, 1.54) is 35.8 Å². The predicted molar refractivity (Wildman–Crippen MR) is 144 cm³/mol. The minimum absolute atomic E-state index is 0.0149. The molecule has 0 atom stereocenters. The number of rotatable bonds is 9. The van der Waals surface area contributed by atoms with Crippen LogP contribution in [-0.2, 0) is 17.8 Å². The quantitative estimate of drug-likeness (QED) is 0.416.